The minimum atomic E-state index is 0.348. The molecule has 2 N–H and O–H groups in total. The summed E-state index contributed by atoms with van der Waals surface area (Å²) in [4.78, 5) is 4.52. The lowest BCUT2D eigenvalue weighted by Crippen LogP contribution is -2.03. The van der Waals surface area contributed by atoms with Gasteiger partial charge in [0.05, 0.1) is 17.9 Å². The summed E-state index contributed by atoms with van der Waals surface area (Å²) in [5, 5.41) is 4.47. The number of hydrogen-bond donors (Lipinski definition) is 1. The Kier molecular flexibility index (Phi) is 3.82. The summed E-state index contributed by atoms with van der Waals surface area (Å²) in [6, 6.07) is 5.41. The number of aromatic nitrogens is 2. The van der Waals surface area contributed by atoms with E-state index in [-0.39, 0.29) is 0 Å². The van der Waals surface area contributed by atoms with Gasteiger partial charge in [0.2, 0.25) is 0 Å². The Morgan fingerprint density at radius 3 is 3.05 bits per heavy atom. The van der Waals surface area contributed by atoms with Gasteiger partial charge in [0.25, 0.3) is 5.89 Å². The monoisotopic (exact) mass is 291 g/mol. The van der Waals surface area contributed by atoms with Gasteiger partial charge in [-0.2, -0.15) is 16.7 Å². The van der Waals surface area contributed by atoms with E-state index < -0.39 is 0 Å². The first-order valence-electron chi connectivity index (χ1n) is 6.67. The largest absolute Gasteiger partial charge is 0.496 e. The van der Waals surface area contributed by atoms with Crippen molar-refractivity contribution < 1.29 is 9.26 Å². The van der Waals surface area contributed by atoms with Crippen LogP contribution in [0.1, 0.15) is 30.3 Å². The zero-order chi connectivity index (χ0) is 13.9. The third-order valence-electron chi connectivity index (χ3n) is 3.37. The molecule has 106 valence electrons. The number of thioether (sulfide) groups is 1. The van der Waals surface area contributed by atoms with E-state index in [1.165, 1.54) is 18.6 Å². The third-order valence-corrected chi connectivity index (χ3v) is 4.74. The second-order valence-electron chi connectivity index (χ2n) is 4.77. The highest BCUT2D eigenvalue weighted by molar-refractivity contribution is 7.99. The SMILES string of the molecule is COc1cc(N)ccc1-c1nc(C2CCCCS2)no1. The highest BCUT2D eigenvalue weighted by atomic mass is 32.2. The fourth-order valence-corrected chi connectivity index (χ4v) is 3.54. The molecular formula is C14H17N3O2S. The summed E-state index contributed by atoms with van der Waals surface area (Å²) in [5.41, 5.74) is 7.18. The fraction of sp³-hybridized carbons (Fsp3) is 0.429. The van der Waals surface area contributed by atoms with Crippen LogP contribution >= 0.6 is 11.8 Å². The Bertz CT molecular complexity index is 594. The molecule has 0 bridgehead atoms. The maximum Gasteiger partial charge on any atom is 0.261 e. The first-order valence-corrected chi connectivity index (χ1v) is 7.72. The molecule has 0 radical (unpaired) electrons. The number of methoxy groups -OCH3 is 1. The van der Waals surface area contributed by atoms with Crippen molar-refractivity contribution in [2.45, 2.75) is 24.5 Å². The molecule has 6 heteroatoms. The molecular weight excluding hydrogens is 274 g/mol. The molecule has 1 aliphatic heterocycles. The van der Waals surface area contributed by atoms with E-state index in [2.05, 4.69) is 10.1 Å². The zero-order valence-corrected chi connectivity index (χ0v) is 12.2. The molecule has 2 heterocycles. The molecule has 0 spiro atoms. The van der Waals surface area contributed by atoms with E-state index in [0.717, 1.165) is 17.8 Å². The van der Waals surface area contributed by atoms with Crippen molar-refractivity contribution >= 4 is 17.4 Å². The molecule has 1 fully saturated rings. The van der Waals surface area contributed by atoms with E-state index in [1.54, 1.807) is 19.2 Å². The molecule has 0 amide bonds. The van der Waals surface area contributed by atoms with Gasteiger partial charge < -0.3 is 15.0 Å². The van der Waals surface area contributed by atoms with Crippen molar-refractivity contribution in [3.05, 3.63) is 24.0 Å². The summed E-state index contributed by atoms with van der Waals surface area (Å²) >= 11 is 1.90. The second-order valence-corrected chi connectivity index (χ2v) is 6.08. The molecule has 0 saturated carbocycles. The van der Waals surface area contributed by atoms with Crippen LogP contribution in [-0.2, 0) is 0 Å². The average Bonchev–Trinajstić information content (AvgIpc) is 2.97. The number of nitrogens with two attached hydrogens (primary N) is 1. The number of benzene rings is 1. The van der Waals surface area contributed by atoms with E-state index in [4.69, 9.17) is 15.0 Å². The number of anilines is 1. The van der Waals surface area contributed by atoms with Crippen LogP contribution in [0.3, 0.4) is 0 Å². The van der Waals surface area contributed by atoms with Gasteiger partial charge >= 0.3 is 0 Å². The van der Waals surface area contributed by atoms with Crippen LogP contribution in [0.25, 0.3) is 11.5 Å². The van der Waals surface area contributed by atoms with Crippen molar-refractivity contribution in [1.82, 2.24) is 10.1 Å². The van der Waals surface area contributed by atoms with Crippen molar-refractivity contribution in [2.75, 3.05) is 18.6 Å². The number of hydrogen-bond acceptors (Lipinski definition) is 6. The highest BCUT2D eigenvalue weighted by Crippen LogP contribution is 2.38. The van der Waals surface area contributed by atoms with Crippen molar-refractivity contribution in [2.24, 2.45) is 0 Å². The molecule has 1 unspecified atom stereocenters. The average molecular weight is 291 g/mol. The molecule has 1 aromatic heterocycles. The second kappa shape index (κ2) is 5.75. The van der Waals surface area contributed by atoms with Gasteiger partial charge in [-0.05, 0) is 30.7 Å². The van der Waals surface area contributed by atoms with Crippen molar-refractivity contribution in [3.63, 3.8) is 0 Å². The Hall–Kier alpha value is -1.69. The number of nitrogen functional groups attached to an aromatic ring is 1. The van der Waals surface area contributed by atoms with Crippen LogP contribution in [0.4, 0.5) is 5.69 Å². The van der Waals surface area contributed by atoms with Crippen molar-refractivity contribution in [1.29, 1.82) is 0 Å². The van der Waals surface area contributed by atoms with Gasteiger partial charge in [0.15, 0.2) is 5.82 Å². The standard InChI is InChI=1S/C14H17N3O2S/c1-18-11-8-9(15)5-6-10(11)14-16-13(17-19-14)12-4-2-3-7-20-12/h5-6,8,12H,2-4,7,15H2,1H3. The van der Waals surface area contributed by atoms with Crippen LogP contribution in [0, 0.1) is 0 Å². The molecule has 1 atom stereocenters. The lowest BCUT2D eigenvalue weighted by Gasteiger charge is -2.17. The Morgan fingerprint density at radius 2 is 2.30 bits per heavy atom. The highest BCUT2D eigenvalue weighted by Gasteiger charge is 2.22. The Labute approximate surface area is 121 Å². The maximum absolute atomic E-state index is 5.75. The Balaban J connectivity index is 1.89. The summed E-state index contributed by atoms with van der Waals surface area (Å²) in [7, 11) is 1.60. The lowest BCUT2D eigenvalue weighted by atomic mass is 10.1. The minimum absolute atomic E-state index is 0.348. The molecule has 20 heavy (non-hydrogen) atoms. The van der Waals surface area contributed by atoms with Crippen LogP contribution in [0.5, 0.6) is 5.75 Å². The molecule has 5 nitrogen and oxygen atoms in total. The summed E-state index contributed by atoms with van der Waals surface area (Å²) in [5.74, 6) is 3.09. The minimum Gasteiger partial charge on any atom is -0.496 e. The van der Waals surface area contributed by atoms with Gasteiger partial charge in [-0.15, -0.1) is 0 Å². The van der Waals surface area contributed by atoms with Gasteiger partial charge in [0.1, 0.15) is 5.75 Å². The molecule has 3 rings (SSSR count). The predicted molar refractivity (Wildman–Crippen MR) is 79.7 cm³/mol. The van der Waals surface area contributed by atoms with Crippen LogP contribution in [0.15, 0.2) is 22.7 Å². The first-order chi connectivity index (χ1) is 9.78. The topological polar surface area (TPSA) is 74.2 Å². The van der Waals surface area contributed by atoms with E-state index in [9.17, 15) is 0 Å². The molecule has 0 aliphatic carbocycles. The van der Waals surface area contributed by atoms with Crippen LogP contribution in [-0.4, -0.2) is 23.0 Å². The first kappa shape index (κ1) is 13.3. The van der Waals surface area contributed by atoms with Gasteiger partial charge in [-0.25, -0.2) is 0 Å². The van der Waals surface area contributed by atoms with E-state index >= 15 is 0 Å². The molecule has 1 aliphatic rings. The smallest absolute Gasteiger partial charge is 0.261 e. The van der Waals surface area contributed by atoms with Crippen molar-refractivity contribution in [3.8, 4) is 17.2 Å². The van der Waals surface area contributed by atoms with Gasteiger partial charge in [0, 0.05) is 11.8 Å². The quantitative estimate of drug-likeness (QED) is 0.875. The zero-order valence-electron chi connectivity index (χ0n) is 11.3. The van der Waals surface area contributed by atoms with Gasteiger partial charge in [-0.1, -0.05) is 11.6 Å². The third kappa shape index (κ3) is 2.60. The summed E-state index contributed by atoms with van der Waals surface area (Å²) in [6.07, 6.45) is 3.62. The molecule has 2 aromatic rings. The number of ether oxygens (including phenoxy) is 1. The Morgan fingerprint density at radius 1 is 1.40 bits per heavy atom. The summed E-state index contributed by atoms with van der Waals surface area (Å²) < 4.78 is 10.7. The van der Waals surface area contributed by atoms with E-state index in [0.29, 0.717) is 22.6 Å². The predicted octanol–water partition coefficient (Wildman–Crippen LogP) is 3.29. The van der Waals surface area contributed by atoms with Gasteiger partial charge in [-0.3, -0.25) is 0 Å². The molecule has 1 saturated heterocycles. The molecule has 1 aromatic carbocycles. The normalized spacial score (nSPS) is 18.9. The lowest BCUT2D eigenvalue weighted by molar-refractivity contribution is 0.402. The van der Waals surface area contributed by atoms with Crippen LogP contribution < -0.4 is 10.5 Å². The fourth-order valence-electron chi connectivity index (χ4n) is 2.30. The number of rotatable bonds is 3. The van der Waals surface area contributed by atoms with E-state index in [1.807, 2.05) is 17.8 Å². The van der Waals surface area contributed by atoms with Crippen LogP contribution in [0.2, 0.25) is 0 Å². The summed E-state index contributed by atoms with van der Waals surface area (Å²) in [6.45, 7) is 0. The number of nitrogens with zero attached hydrogens (tertiary/aromatic N) is 2. The maximum atomic E-state index is 5.75.